The first-order valence-electron chi connectivity index (χ1n) is 8.62. The predicted octanol–water partition coefficient (Wildman–Crippen LogP) is 5.10. The lowest BCUT2D eigenvalue weighted by molar-refractivity contribution is -0.151. The molecule has 0 aliphatic heterocycles. The molecule has 2 rings (SSSR count). The first kappa shape index (κ1) is 17.6. The van der Waals surface area contributed by atoms with E-state index in [-0.39, 0.29) is 11.9 Å². The average molecular weight is 316 g/mol. The van der Waals surface area contributed by atoms with Gasteiger partial charge in [0.15, 0.2) is 0 Å². The van der Waals surface area contributed by atoms with Gasteiger partial charge in [0.2, 0.25) is 0 Å². The van der Waals surface area contributed by atoms with Gasteiger partial charge in [-0.1, -0.05) is 45.4 Å². The number of hydrogen-bond acceptors (Lipinski definition) is 3. The van der Waals surface area contributed by atoms with Gasteiger partial charge in [-0.25, -0.2) is 0 Å². The zero-order chi connectivity index (χ0) is 16.8. The van der Waals surface area contributed by atoms with E-state index in [4.69, 9.17) is 9.47 Å². The van der Waals surface area contributed by atoms with Crippen molar-refractivity contribution >= 4 is 5.97 Å². The maximum absolute atomic E-state index is 12.4. The van der Waals surface area contributed by atoms with Crippen LogP contribution in [0.4, 0.5) is 0 Å². The molecule has 3 nitrogen and oxygen atoms in total. The Morgan fingerprint density at radius 3 is 2.43 bits per heavy atom. The molecule has 3 unspecified atom stereocenters. The van der Waals surface area contributed by atoms with Gasteiger partial charge in [-0.3, -0.25) is 4.79 Å². The van der Waals surface area contributed by atoms with Crippen molar-refractivity contribution in [1.82, 2.24) is 0 Å². The van der Waals surface area contributed by atoms with Crippen LogP contribution >= 0.6 is 0 Å². The number of rotatable bonds is 7. The molecule has 0 amide bonds. The van der Waals surface area contributed by atoms with Crippen molar-refractivity contribution < 1.29 is 14.3 Å². The molecular weight excluding hydrogens is 288 g/mol. The summed E-state index contributed by atoms with van der Waals surface area (Å²) in [6, 6.07) is 7.59. The lowest BCUT2D eigenvalue weighted by atomic mass is 9.94. The molecule has 1 aliphatic rings. The average Bonchev–Trinajstić information content (AvgIpc) is 2.97. The molecule has 0 radical (unpaired) electrons. The summed E-state index contributed by atoms with van der Waals surface area (Å²) in [6.07, 6.45) is 4.37. The smallest absolute Gasteiger partial charge is 0.309 e. The van der Waals surface area contributed by atoms with E-state index in [2.05, 4.69) is 20.4 Å². The second kappa shape index (κ2) is 8.19. The number of benzene rings is 1. The number of carbonyl (C=O) groups is 1. The van der Waals surface area contributed by atoms with Gasteiger partial charge in [0.05, 0.1) is 11.7 Å². The van der Waals surface area contributed by atoms with E-state index >= 15 is 0 Å². The van der Waals surface area contributed by atoms with Crippen LogP contribution in [0.3, 0.4) is 0 Å². The third-order valence-corrected chi connectivity index (χ3v) is 4.79. The molecule has 0 saturated heterocycles. The Hall–Kier alpha value is -1.77. The minimum absolute atomic E-state index is 0.0323. The fourth-order valence-corrected chi connectivity index (χ4v) is 3.43. The van der Waals surface area contributed by atoms with E-state index in [1.165, 1.54) is 6.42 Å². The van der Waals surface area contributed by atoms with E-state index in [1.54, 1.807) is 0 Å². The van der Waals surface area contributed by atoms with E-state index in [0.717, 1.165) is 30.6 Å². The van der Waals surface area contributed by atoms with E-state index in [9.17, 15) is 4.79 Å². The minimum Gasteiger partial charge on any atom is -0.463 e. The second-order valence-corrected chi connectivity index (χ2v) is 6.58. The predicted molar refractivity (Wildman–Crippen MR) is 92.0 cm³/mol. The molecule has 1 aliphatic carbocycles. The highest BCUT2D eigenvalue weighted by Gasteiger charge is 2.37. The van der Waals surface area contributed by atoms with Gasteiger partial charge in [0.1, 0.15) is 12.4 Å². The molecule has 126 valence electrons. The van der Waals surface area contributed by atoms with Crippen LogP contribution in [-0.4, -0.2) is 5.97 Å². The summed E-state index contributed by atoms with van der Waals surface area (Å²) in [5.74, 6) is 2.61. The highest BCUT2D eigenvalue weighted by atomic mass is 16.5. The summed E-state index contributed by atoms with van der Waals surface area (Å²) >= 11 is 0. The van der Waals surface area contributed by atoms with Crippen LogP contribution in [-0.2, 0) is 16.1 Å². The summed E-state index contributed by atoms with van der Waals surface area (Å²) in [5, 5.41) is 0. The van der Waals surface area contributed by atoms with Crippen LogP contribution in [0.2, 0.25) is 0 Å². The number of hydrogen-bond donors (Lipinski definition) is 0. The fourth-order valence-electron chi connectivity index (χ4n) is 3.43. The third-order valence-electron chi connectivity index (χ3n) is 4.79. The minimum atomic E-state index is -0.0323. The van der Waals surface area contributed by atoms with Gasteiger partial charge in [-0.05, 0) is 49.3 Å². The van der Waals surface area contributed by atoms with Gasteiger partial charge >= 0.3 is 5.97 Å². The second-order valence-electron chi connectivity index (χ2n) is 6.58. The normalized spacial score (nSPS) is 23.5. The molecule has 1 aromatic rings. The van der Waals surface area contributed by atoms with Crippen molar-refractivity contribution in [2.45, 2.75) is 53.1 Å². The van der Waals surface area contributed by atoms with Gasteiger partial charge in [0, 0.05) is 0 Å². The summed E-state index contributed by atoms with van der Waals surface area (Å²) in [4.78, 5) is 12.4. The topological polar surface area (TPSA) is 35.5 Å². The fraction of sp³-hybridized carbons (Fsp3) is 0.550. The zero-order valence-electron chi connectivity index (χ0n) is 14.5. The maximum atomic E-state index is 12.4. The molecule has 1 saturated carbocycles. The quantitative estimate of drug-likeness (QED) is 0.518. The molecule has 0 spiro atoms. The Balaban J connectivity index is 1.87. The number of carbonyl (C=O) groups excluding carboxylic acids is 1. The molecule has 0 N–H and O–H groups in total. The van der Waals surface area contributed by atoms with E-state index < -0.39 is 0 Å². The first-order chi connectivity index (χ1) is 11.0. The van der Waals surface area contributed by atoms with Gasteiger partial charge < -0.3 is 9.47 Å². The molecular formula is C20H28O3. The summed E-state index contributed by atoms with van der Waals surface area (Å²) < 4.78 is 11.0. The molecule has 3 atom stereocenters. The van der Waals surface area contributed by atoms with E-state index in [0.29, 0.717) is 24.2 Å². The maximum Gasteiger partial charge on any atom is 0.309 e. The Morgan fingerprint density at radius 1 is 1.17 bits per heavy atom. The van der Waals surface area contributed by atoms with Crippen LogP contribution < -0.4 is 4.74 Å². The van der Waals surface area contributed by atoms with Crippen LogP contribution in [0.1, 0.15) is 52.0 Å². The molecule has 0 aromatic heterocycles. The standard InChI is InChI=1S/C20H28O3/c1-5-15-11-17(6-2)19(12-15)20(21)22-13-16-7-9-18(10-8-16)23-14(3)4/h7-10,15,17,19H,3,5-6,11-13H2,1-2,4H3. The van der Waals surface area contributed by atoms with Crippen molar-refractivity contribution in [2.75, 3.05) is 0 Å². The Labute approximate surface area is 139 Å². The SMILES string of the molecule is C=C(C)Oc1ccc(COC(=O)C2CC(CC)CC2CC)cc1. The van der Waals surface area contributed by atoms with Crippen molar-refractivity contribution in [2.24, 2.45) is 17.8 Å². The van der Waals surface area contributed by atoms with Crippen molar-refractivity contribution in [3.63, 3.8) is 0 Å². The number of allylic oxidation sites excluding steroid dienone is 1. The van der Waals surface area contributed by atoms with Crippen molar-refractivity contribution in [1.29, 1.82) is 0 Å². The summed E-state index contributed by atoms with van der Waals surface area (Å²) in [5.41, 5.74) is 0.977. The molecule has 0 heterocycles. The molecule has 23 heavy (non-hydrogen) atoms. The van der Waals surface area contributed by atoms with Crippen LogP contribution in [0.5, 0.6) is 5.75 Å². The Bertz CT molecular complexity index is 532. The van der Waals surface area contributed by atoms with Crippen molar-refractivity contribution in [3.05, 3.63) is 42.2 Å². The lowest BCUT2D eigenvalue weighted by Crippen LogP contribution is -2.21. The van der Waals surface area contributed by atoms with Crippen molar-refractivity contribution in [3.8, 4) is 5.75 Å². The highest BCUT2D eigenvalue weighted by Crippen LogP contribution is 2.40. The molecule has 3 heteroatoms. The third kappa shape index (κ3) is 4.85. The highest BCUT2D eigenvalue weighted by molar-refractivity contribution is 5.73. The van der Waals surface area contributed by atoms with Gasteiger partial charge in [-0.2, -0.15) is 0 Å². The summed E-state index contributed by atoms with van der Waals surface area (Å²) in [6.45, 7) is 10.2. The van der Waals surface area contributed by atoms with Crippen LogP contribution in [0, 0.1) is 17.8 Å². The Kier molecular flexibility index (Phi) is 6.26. The first-order valence-corrected chi connectivity index (χ1v) is 8.62. The zero-order valence-corrected chi connectivity index (χ0v) is 14.5. The lowest BCUT2D eigenvalue weighted by Gasteiger charge is -2.16. The molecule has 1 fully saturated rings. The van der Waals surface area contributed by atoms with Gasteiger partial charge in [-0.15, -0.1) is 0 Å². The monoisotopic (exact) mass is 316 g/mol. The largest absolute Gasteiger partial charge is 0.463 e. The molecule has 1 aromatic carbocycles. The Morgan fingerprint density at radius 2 is 1.87 bits per heavy atom. The molecule has 0 bridgehead atoms. The summed E-state index contributed by atoms with van der Waals surface area (Å²) in [7, 11) is 0. The van der Waals surface area contributed by atoms with Crippen LogP contribution in [0.15, 0.2) is 36.6 Å². The number of esters is 1. The van der Waals surface area contributed by atoms with E-state index in [1.807, 2.05) is 31.2 Å². The number of ether oxygens (including phenoxy) is 2. The van der Waals surface area contributed by atoms with Crippen LogP contribution in [0.25, 0.3) is 0 Å². The van der Waals surface area contributed by atoms with Gasteiger partial charge in [0.25, 0.3) is 0 Å².